The van der Waals surface area contributed by atoms with E-state index in [-0.39, 0.29) is 13.2 Å². The summed E-state index contributed by atoms with van der Waals surface area (Å²) in [6.45, 7) is -0.604. The molecule has 2 N–H and O–H groups in total. The van der Waals surface area contributed by atoms with Crippen molar-refractivity contribution in [3.05, 3.63) is 47.3 Å². The lowest BCUT2D eigenvalue weighted by Gasteiger charge is -2.08. The molecule has 7 nitrogen and oxygen atoms in total. The number of aromatic nitrogens is 2. The zero-order valence-corrected chi connectivity index (χ0v) is 13.0. The number of carbonyl (C=O) groups excluding carboxylic acids is 2. The molecule has 0 spiro atoms. The molecule has 0 bridgehead atoms. The van der Waals surface area contributed by atoms with E-state index in [2.05, 4.69) is 5.10 Å². The van der Waals surface area contributed by atoms with Crippen LogP contribution in [-0.4, -0.2) is 28.3 Å². The SMILES string of the molecule is Cn1cc(C(=O)OCc2cccc(OCC(N)=O)c2)c(C(F)(F)F)n1. The maximum absolute atomic E-state index is 12.9. The summed E-state index contributed by atoms with van der Waals surface area (Å²) in [6, 6.07) is 6.18. The number of rotatable bonds is 6. The van der Waals surface area contributed by atoms with Crippen molar-refractivity contribution in [2.24, 2.45) is 12.8 Å². The van der Waals surface area contributed by atoms with Crippen LogP contribution in [0.4, 0.5) is 13.2 Å². The van der Waals surface area contributed by atoms with Crippen molar-refractivity contribution in [3.8, 4) is 5.75 Å². The number of carbonyl (C=O) groups is 2. The quantitative estimate of drug-likeness (QED) is 0.793. The number of hydrogen-bond donors (Lipinski definition) is 1. The first-order valence-corrected chi connectivity index (χ1v) is 6.95. The van der Waals surface area contributed by atoms with Crippen molar-refractivity contribution < 1.29 is 32.2 Å². The van der Waals surface area contributed by atoms with Crippen molar-refractivity contribution in [2.45, 2.75) is 12.8 Å². The van der Waals surface area contributed by atoms with Crippen molar-refractivity contribution in [3.63, 3.8) is 0 Å². The summed E-state index contributed by atoms with van der Waals surface area (Å²) < 4.78 is 49.4. The van der Waals surface area contributed by atoms with Gasteiger partial charge in [-0.2, -0.15) is 18.3 Å². The number of nitrogens with two attached hydrogens (primary N) is 1. The van der Waals surface area contributed by atoms with Gasteiger partial charge in [-0.05, 0) is 17.7 Å². The predicted molar refractivity (Wildman–Crippen MR) is 78.5 cm³/mol. The molecule has 1 aromatic heterocycles. The standard InChI is InChI=1S/C15H14F3N3O4/c1-21-6-11(13(20-21)15(16,17)18)14(23)25-7-9-3-2-4-10(5-9)24-8-12(19)22/h2-6H,7-8H2,1H3,(H2,19,22). The number of alkyl halides is 3. The largest absolute Gasteiger partial charge is 0.484 e. The Morgan fingerprint density at radius 1 is 1.32 bits per heavy atom. The maximum Gasteiger partial charge on any atom is 0.436 e. The molecule has 0 saturated carbocycles. The molecule has 0 fully saturated rings. The summed E-state index contributed by atoms with van der Waals surface area (Å²) in [7, 11) is 1.27. The number of halogens is 3. The third kappa shape index (κ3) is 4.96. The maximum atomic E-state index is 12.9. The Bertz CT molecular complexity index is 787. The van der Waals surface area contributed by atoms with Crippen molar-refractivity contribution in [1.82, 2.24) is 9.78 Å². The summed E-state index contributed by atoms with van der Waals surface area (Å²) in [5, 5.41) is 3.24. The zero-order chi connectivity index (χ0) is 18.6. The van der Waals surface area contributed by atoms with E-state index in [1.165, 1.54) is 13.1 Å². The Morgan fingerprint density at radius 3 is 2.68 bits per heavy atom. The van der Waals surface area contributed by atoms with Gasteiger partial charge in [0.2, 0.25) is 0 Å². The molecule has 1 aromatic carbocycles. The van der Waals surface area contributed by atoms with Crippen LogP contribution < -0.4 is 10.5 Å². The van der Waals surface area contributed by atoms with Gasteiger partial charge in [0.15, 0.2) is 12.3 Å². The van der Waals surface area contributed by atoms with Crippen LogP contribution in [0.1, 0.15) is 21.6 Å². The highest BCUT2D eigenvalue weighted by molar-refractivity contribution is 5.90. The monoisotopic (exact) mass is 357 g/mol. The minimum absolute atomic E-state index is 0.279. The first kappa shape index (κ1) is 18.3. The molecule has 1 amide bonds. The molecule has 0 aliphatic heterocycles. The molecule has 2 rings (SSSR count). The minimum atomic E-state index is -4.77. The van der Waals surface area contributed by atoms with Gasteiger partial charge >= 0.3 is 12.1 Å². The van der Waals surface area contributed by atoms with E-state index < -0.39 is 29.3 Å². The number of esters is 1. The average molecular weight is 357 g/mol. The number of nitrogens with zero attached hydrogens (tertiary/aromatic N) is 2. The van der Waals surface area contributed by atoms with E-state index in [1.807, 2.05) is 0 Å². The Labute approximate surface area is 140 Å². The van der Waals surface area contributed by atoms with E-state index in [4.69, 9.17) is 15.2 Å². The van der Waals surface area contributed by atoms with Gasteiger partial charge in [0.1, 0.15) is 17.9 Å². The van der Waals surface area contributed by atoms with Gasteiger partial charge in [0, 0.05) is 13.2 Å². The highest BCUT2D eigenvalue weighted by Gasteiger charge is 2.39. The molecule has 1 heterocycles. The molecule has 10 heteroatoms. The second kappa shape index (κ2) is 7.24. The van der Waals surface area contributed by atoms with Gasteiger partial charge in [-0.25, -0.2) is 4.79 Å². The highest BCUT2D eigenvalue weighted by atomic mass is 19.4. The minimum Gasteiger partial charge on any atom is -0.484 e. The van der Waals surface area contributed by atoms with Gasteiger partial charge in [0.05, 0.1) is 0 Å². The Balaban J connectivity index is 2.06. The van der Waals surface area contributed by atoms with Crippen LogP contribution in [-0.2, 0) is 29.4 Å². The van der Waals surface area contributed by atoms with Crippen LogP contribution in [0.2, 0.25) is 0 Å². The summed E-state index contributed by atoms with van der Waals surface area (Å²) in [6.07, 6.45) is -3.82. The molecular weight excluding hydrogens is 343 g/mol. The lowest BCUT2D eigenvalue weighted by molar-refractivity contribution is -0.142. The molecule has 134 valence electrons. The molecule has 0 atom stereocenters. The fourth-order valence-corrected chi connectivity index (χ4v) is 1.95. The average Bonchev–Trinajstić information content (AvgIpc) is 2.93. The molecular formula is C15H14F3N3O4. The van der Waals surface area contributed by atoms with Gasteiger partial charge in [-0.1, -0.05) is 12.1 Å². The lowest BCUT2D eigenvalue weighted by Crippen LogP contribution is -2.20. The van der Waals surface area contributed by atoms with Crippen LogP contribution in [0.5, 0.6) is 5.75 Å². The van der Waals surface area contributed by atoms with Crippen molar-refractivity contribution >= 4 is 11.9 Å². The number of ether oxygens (including phenoxy) is 2. The van der Waals surface area contributed by atoms with Gasteiger partial charge in [0.25, 0.3) is 5.91 Å². The third-order valence-corrected chi connectivity index (χ3v) is 2.97. The van der Waals surface area contributed by atoms with Gasteiger partial charge in [-0.15, -0.1) is 0 Å². The summed E-state index contributed by atoms with van der Waals surface area (Å²) >= 11 is 0. The fraction of sp³-hybridized carbons (Fsp3) is 0.267. The number of amides is 1. The smallest absolute Gasteiger partial charge is 0.436 e. The van der Waals surface area contributed by atoms with E-state index >= 15 is 0 Å². The Hall–Kier alpha value is -3.04. The van der Waals surface area contributed by atoms with Crippen LogP contribution in [0.3, 0.4) is 0 Å². The summed E-state index contributed by atoms with van der Waals surface area (Å²) in [4.78, 5) is 22.6. The predicted octanol–water partition coefficient (Wildman–Crippen LogP) is 1.66. The Morgan fingerprint density at radius 2 is 2.04 bits per heavy atom. The molecule has 0 radical (unpaired) electrons. The molecule has 0 unspecified atom stereocenters. The molecule has 0 aliphatic carbocycles. The second-order valence-electron chi connectivity index (χ2n) is 5.04. The first-order chi connectivity index (χ1) is 11.7. The molecule has 25 heavy (non-hydrogen) atoms. The van der Waals surface area contributed by atoms with Gasteiger partial charge < -0.3 is 15.2 Å². The van der Waals surface area contributed by atoms with E-state index in [9.17, 15) is 22.8 Å². The van der Waals surface area contributed by atoms with E-state index in [1.54, 1.807) is 18.2 Å². The normalized spacial score (nSPS) is 11.2. The van der Waals surface area contributed by atoms with Crippen molar-refractivity contribution in [1.29, 1.82) is 0 Å². The van der Waals surface area contributed by atoms with E-state index in [0.29, 0.717) is 11.3 Å². The zero-order valence-electron chi connectivity index (χ0n) is 13.0. The Kier molecular flexibility index (Phi) is 5.30. The molecule has 0 aliphatic rings. The third-order valence-electron chi connectivity index (χ3n) is 2.97. The van der Waals surface area contributed by atoms with Crippen molar-refractivity contribution in [2.75, 3.05) is 6.61 Å². The second-order valence-corrected chi connectivity index (χ2v) is 5.04. The number of aryl methyl sites for hydroxylation is 1. The fourth-order valence-electron chi connectivity index (χ4n) is 1.95. The number of hydrogen-bond acceptors (Lipinski definition) is 5. The molecule has 0 saturated heterocycles. The summed E-state index contributed by atoms with van der Waals surface area (Å²) in [5.41, 5.74) is 3.45. The number of benzene rings is 1. The summed E-state index contributed by atoms with van der Waals surface area (Å²) in [5.74, 6) is -1.50. The molecule has 2 aromatic rings. The van der Waals surface area contributed by atoms with Crippen LogP contribution in [0, 0.1) is 0 Å². The topological polar surface area (TPSA) is 96.4 Å². The van der Waals surface area contributed by atoms with Crippen LogP contribution >= 0.6 is 0 Å². The lowest BCUT2D eigenvalue weighted by atomic mass is 10.2. The van der Waals surface area contributed by atoms with Crippen LogP contribution in [0.25, 0.3) is 0 Å². The van der Waals surface area contributed by atoms with Gasteiger partial charge in [-0.3, -0.25) is 9.48 Å². The number of primary amides is 1. The highest BCUT2D eigenvalue weighted by Crippen LogP contribution is 2.31. The van der Waals surface area contributed by atoms with E-state index in [0.717, 1.165) is 10.9 Å². The van der Waals surface area contributed by atoms with Crippen LogP contribution in [0.15, 0.2) is 30.5 Å². The first-order valence-electron chi connectivity index (χ1n) is 6.95.